The Balaban J connectivity index is 2.13. The number of benzene rings is 2. The quantitative estimate of drug-likeness (QED) is 0.453. The van der Waals surface area contributed by atoms with Gasteiger partial charge in [0.2, 0.25) is 21.8 Å². The third kappa shape index (κ3) is 8.58. The van der Waals surface area contributed by atoms with Crippen LogP contribution in [0.1, 0.15) is 39.2 Å². The van der Waals surface area contributed by atoms with E-state index >= 15 is 0 Å². The van der Waals surface area contributed by atoms with Crippen LogP contribution in [0.5, 0.6) is 5.75 Å². The van der Waals surface area contributed by atoms with Crippen LogP contribution in [0, 0.1) is 0 Å². The third-order valence-electron chi connectivity index (χ3n) is 5.59. The van der Waals surface area contributed by atoms with E-state index in [0.717, 1.165) is 11.8 Å². The third-order valence-corrected chi connectivity index (χ3v) is 6.77. The summed E-state index contributed by atoms with van der Waals surface area (Å²) in [5.41, 5.74) is 1.50. The van der Waals surface area contributed by atoms with Crippen molar-refractivity contribution in [3.63, 3.8) is 0 Å². The molecular weight excluding hydrogens is 466 g/mol. The van der Waals surface area contributed by atoms with Crippen molar-refractivity contribution in [1.82, 2.24) is 10.2 Å². The second-order valence-electron chi connectivity index (χ2n) is 8.77. The van der Waals surface area contributed by atoms with Crippen LogP contribution in [-0.4, -0.2) is 63.7 Å². The van der Waals surface area contributed by atoms with Crippen LogP contribution in [-0.2, 0) is 26.0 Å². The first-order valence-electron chi connectivity index (χ1n) is 11.8. The number of amides is 2. The Morgan fingerprint density at radius 3 is 2.20 bits per heavy atom. The molecule has 0 radical (unpaired) electrons. The van der Waals surface area contributed by atoms with E-state index in [-0.39, 0.29) is 30.8 Å². The van der Waals surface area contributed by atoms with E-state index in [1.807, 2.05) is 44.2 Å². The highest BCUT2D eigenvalue weighted by atomic mass is 32.2. The molecule has 1 atom stereocenters. The van der Waals surface area contributed by atoms with Crippen molar-refractivity contribution in [1.29, 1.82) is 0 Å². The topological polar surface area (TPSA) is 96.0 Å². The SMILES string of the molecule is COc1ccccc1N(CCCC(=O)N(CCc1ccccc1)[C@H](C)C(=O)NC(C)C)S(C)(=O)=O. The number of sulfonamides is 1. The number of rotatable bonds is 13. The van der Waals surface area contributed by atoms with Crippen molar-refractivity contribution in [3.05, 3.63) is 60.2 Å². The van der Waals surface area contributed by atoms with Crippen LogP contribution in [0.3, 0.4) is 0 Å². The zero-order chi connectivity index (χ0) is 26.0. The normalized spacial score (nSPS) is 12.2. The lowest BCUT2D eigenvalue weighted by Crippen LogP contribution is -2.50. The minimum Gasteiger partial charge on any atom is -0.495 e. The summed E-state index contributed by atoms with van der Waals surface area (Å²) < 4.78 is 31.6. The van der Waals surface area contributed by atoms with Gasteiger partial charge in [-0.3, -0.25) is 13.9 Å². The fourth-order valence-corrected chi connectivity index (χ4v) is 4.76. The Morgan fingerprint density at radius 2 is 1.60 bits per heavy atom. The van der Waals surface area contributed by atoms with Crippen molar-refractivity contribution in [2.45, 2.75) is 52.1 Å². The van der Waals surface area contributed by atoms with E-state index in [9.17, 15) is 18.0 Å². The van der Waals surface area contributed by atoms with E-state index in [2.05, 4.69) is 5.32 Å². The number of carbonyl (C=O) groups is 2. The summed E-state index contributed by atoms with van der Waals surface area (Å²) in [6.07, 6.45) is 2.15. The second-order valence-corrected chi connectivity index (χ2v) is 10.7. The largest absolute Gasteiger partial charge is 0.495 e. The minimum absolute atomic E-state index is 0.0415. The van der Waals surface area contributed by atoms with Crippen molar-refractivity contribution in [2.24, 2.45) is 0 Å². The summed E-state index contributed by atoms with van der Waals surface area (Å²) in [7, 11) is -2.11. The van der Waals surface area contributed by atoms with E-state index in [4.69, 9.17) is 4.74 Å². The maximum absolute atomic E-state index is 13.2. The highest BCUT2D eigenvalue weighted by molar-refractivity contribution is 7.92. The lowest BCUT2D eigenvalue weighted by Gasteiger charge is -2.30. The Labute approximate surface area is 209 Å². The Kier molecular flexibility index (Phi) is 10.6. The maximum atomic E-state index is 13.2. The summed E-state index contributed by atoms with van der Waals surface area (Å²) in [4.78, 5) is 27.5. The zero-order valence-electron chi connectivity index (χ0n) is 21.2. The van der Waals surface area contributed by atoms with Gasteiger partial charge in [0.05, 0.1) is 19.1 Å². The molecule has 0 spiro atoms. The first kappa shape index (κ1) is 28.2. The lowest BCUT2D eigenvalue weighted by atomic mass is 10.1. The van der Waals surface area contributed by atoms with Gasteiger partial charge in [0.1, 0.15) is 11.8 Å². The monoisotopic (exact) mass is 503 g/mol. The zero-order valence-corrected chi connectivity index (χ0v) is 22.0. The number of methoxy groups -OCH3 is 1. The Bertz CT molecular complexity index is 1070. The molecule has 2 amide bonds. The standard InChI is InChI=1S/C26H37N3O5S/c1-20(2)27-26(31)21(3)28(19-17-22-12-7-6-8-13-22)25(30)16-11-18-29(35(5,32)33)23-14-9-10-15-24(23)34-4/h6-10,12-15,20-21H,11,16-19H2,1-5H3,(H,27,31)/t21-/m1/s1. The van der Waals surface area contributed by atoms with Crippen molar-refractivity contribution < 1.29 is 22.7 Å². The van der Waals surface area contributed by atoms with Gasteiger partial charge in [0, 0.05) is 25.6 Å². The maximum Gasteiger partial charge on any atom is 0.242 e. The highest BCUT2D eigenvalue weighted by Gasteiger charge is 2.27. The van der Waals surface area contributed by atoms with Gasteiger partial charge in [-0.05, 0) is 51.3 Å². The summed E-state index contributed by atoms with van der Waals surface area (Å²) >= 11 is 0. The van der Waals surface area contributed by atoms with E-state index in [0.29, 0.717) is 30.8 Å². The number of hydrogen-bond donors (Lipinski definition) is 1. The Hall–Kier alpha value is -3.07. The molecule has 0 saturated heterocycles. The highest BCUT2D eigenvalue weighted by Crippen LogP contribution is 2.29. The number of nitrogens with one attached hydrogen (secondary N) is 1. The second kappa shape index (κ2) is 13.1. The molecule has 2 aromatic rings. The molecule has 9 heteroatoms. The van der Waals surface area contributed by atoms with Gasteiger partial charge < -0.3 is 15.0 Å². The molecule has 8 nitrogen and oxygen atoms in total. The number of hydrogen-bond acceptors (Lipinski definition) is 5. The van der Waals surface area contributed by atoms with E-state index in [1.165, 1.54) is 11.4 Å². The molecule has 0 aromatic heterocycles. The summed E-state index contributed by atoms with van der Waals surface area (Å²) in [5, 5.41) is 2.87. The molecule has 0 bridgehead atoms. The fraction of sp³-hybridized carbons (Fsp3) is 0.462. The van der Waals surface area contributed by atoms with Crippen LogP contribution >= 0.6 is 0 Å². The number of para-hydroxylation sites is 2. The summed E-state index contributed by atoms with van der Waals surface area (Å²) in [5.74, 6) is 0.0294. The molecule has 0 aliphatic heterocycles. The Morgan fingerprint density at radius 1 is 0.971 bits per heavy atom. The molecule has 0 aliphatic carbocycles. The van der Waals surface area contributed by atoms with Crippen LogP contribution in [0.4, 0.5) is 5.69 Å². The average Bonchev–Trinajstić information content (AvgIpc) is 2.81. The number of nitrogens with zero attached hydrogens (tertiary/aromatic N) is 2. The molecule has 0 aliphatic rings. The molecule has 0 saturated carbocycles. The van der Waals surface area contributed by atoms with Crippen LogP contribution in [0.15, 0.2) is 54.6 Å². The first-order valence-corrected chi connectivity index (χ1v) is 13.6. The van der Waals surface area contributed by atoms with E-state index in [1.54, 1.807) is 36.1 Å². The van der Waals surface area contributed by atoms with Crippen molar-refractivity contribution >= 4 is 27.5 Å². The van der Waals surface area contributed by atoms with Crippen molar-refractivity contribution in [3.8, 4) is 5.75 Å². The first-order chi connectivity index (χ1) is 16.5. The van der Waals surface area contributed by atoms with Crippen LogP contribution in [0.25, 0.3) is 0 Å². The predicted octanol–water partition coefficient (Wildman–Crippen LogP) is 3.23. The molecule has 1 N–H and O–H groups in total. The lowest BCUT2D eigenvalue weighted by molar-refractivity contribution is -0.140. The van der Waals surface area contributed by atoms with Gasteiger partial charge in [0.25, 0.3) is 0 Å². The minimum atomic E-state index is -3.59. The molecule has 192 valence electrons. The number of carbonyl (C=O) groups excluding carboxylic acids is 2. The van der Waals surface area contributed by atoms with Gasteiger partial charge in [-0.15, -0.1) is 0 Å². The molecule has 0 unspecified atom stereocenters. The molecular formula is C26H37N3O5S. The van der Waals surface area contributed by atoms with Gasteiger partial charge in [-0.1, -0.05) is 42.5 Å². The van der Waals surface area contributed by atoms with Crippen LogP contribution in [0.2, 0.25) is 0 Å². The van der Waals surface area contributed by atoms with Gasteiger partial charge in [0.15, 0.2) is 0 Å². The summed E-state index contributed by atoms with van der Waals surface area (Å²) in [6.45, 7) is 5.97. The van der Waals surface area contributed by atoms with E-state index < -0.39 is 16.1 Å². The van der Waals surface area contributed by atoms with Crippen LogP contribution < -0.4 is 14.4 Å². The smallest absolute Gasteiger partial charge is 0.242 e. The fourth-order valence-electron chi connectivity index (χ4n) is 3.79. The number of ether oxygens (including phenoxy) is 1. The predicted molar refractivity (Wildman–Crippen MR) is 139 cm³/mol. The molecule has 2 rings (SSSR count). The molecule has 35 heavy (non-hydrogen) atoms. The number of anilines is 1. The molecule has 0 heterocycles. The summed E-state index contributed by atoms with van der Waals surface area (Å²) in [6, 6.07) is 16.0. The van der Waals surface area contributed by atoms with Gasteiger partial charge in [-0.25, -0.2) is 8.42 Å². The average molecular weight is 504 g/mol. The van der Waals surface area contributed by atoms with Gasteiger partial charge >= 0.3 is 0 Å². The molecule has 2 aromatic carbocycles. The molecule has 0 fully saturated rings. The van der Waals surface area contributed by atoms with Gasteiger partial charge in [-0.2, -0.15) is 0 Å². The van der Waals surface area contributed by atoms with Crippen molar-refractivity contribution in [2.75, 3.05) is 30.8 Å².